The largest absolute Gasteiger partial charge is 0.452 e. The normalized spacial score (nSPS) is 11.1. The van der Waals surface area contributed by atoms with Crippen molar-refractivity contribution in [2.75, 3.05) is 23.3 Å². The monoisotopic (exact) mass is 443 g/mol. The zero-order valence-corrected chi connectivity index (χ0v) is 18.0. The lowest BCUT2D eigenvalue weighted by atomic mass is 10.2. The number of aromatic nitrogens is 1. The molecule has 10 heteroatoms. The van der Waals surface area contributed by atoms with Crippen molar-refractivity contribution < 1.29 is 27.3 Å². The van der Waals surface area contributed by atoms with Crippen LogP contribution in [0.15, 0.2) is 64.0 Å². The van der Waals surface area contributed by atoms with E-state index >= 15 is 0 Å². The summed E-state index contributed by atoms with van der Waals surface area (Å²) in [5, 5.41) is 6.04. The fourth-order valence-electron chi connectivity index (χ4n) is 2.62. The van der Waals surface area contributed by atoms with Crippen LogP contribution in [0.2, 0.25) is 0 Å². The Morgan fingerprint density at radius 3 is 2.29 bits per heavy atom. The number of ether oxygens (including phenoxy) is 1. The number of hydrogen-bond acceptors (Lipinski definition) is 7. The van der Waals surface area contributed by atoms with Crippen LogP contribution in [0.25, 0.3) is 0 Å². The molecule has 1 aromatic heterocycles. The van der Waals surface area contributed by atoms with Crippen molar-refractivity contribution >= 4 is 33.5 Å². The molecule has 0 saturated carbocycles. The first-order chi connectivity index (χ1) is 14.7. The Hall–Kier alpha value is -3.66. The number of benzene rings is 2. The maximum absolute atomic E-state index is 12.8. The van der Waals surface area contributed by atoms with Crippen molar-refractivity contribution in [3.8, 4) is 0 Å². The minimum Gasteiger partial charge on any atom is -0.452 e. The summed E-state index contributed by atoms with van der Waals surface area (Å²) >= 11 is 0. The minimum atomic E-state index is -3.74. The Kier molecular flexibility index (Phi) is 6.40. The maximum atomic E-state index is 12.8. The fourth-order valence-corrected chi connectivity index (χ4v) is 3.82. The van der Waals surface area contributed by atoms with E-state index in [0.29, 0.717) is 11.4 Å². The molecule has 31 heavy (non-hydrogen) atoms. The van der Waals surface area contributed by atoms with E-state index in [-0.39, 0.29) is 16.3 Å². The third-order valence-corrected chi connectivity index (χ3v) is 6.17. The van der Waals surface area contributed by atoms with Crippen LogP contribution in [-0.4, -0.2) is 39.1 Å². The van der Waals surface area contributed by atoms with Crippen LogP contribution < -0.4 is 9.62 Å². The van der Waals surface area contributed by atoms with Gasteiger partial charge in [-0.25, -0.2) is 13.2 Å². The lowest BCUT2D eigenvalue weighted by Gasteiger charge is -2.19. The Balaban J connectivity index is 1.61. The minimum absolute atomic E-state index is 0.153. The Bertz CT molecular complexity index is 1180. The average molecular weight is 443 g/mol. The third-order valence-electron chi connectivity index (χ3n) is 4.37. The number of hydrogen-bond donors (Lipinski definition) is 1. The van der Waals surface area contributed by atoms with E-state index in [0.717, 1.165) is 9.87 Å². The number of nitrogens with zero attached hydrogens (tertiary/aromatic N) is 2. The summed E-state index contributed by atoms with van der Waals surface area (Å²) in [6.07, 6.45) is 0. The van der Waals surface area contributed by atoms with Crippen molar-refractivity contribution in [1.82, 2.24) is 5.16 Å². The van der Waals surface area contributed by atoms with Crippen molar-refractivity contribution in [3.63, 3.8) is 0 Å². The molecule has 0 spiro atoms. The highest BCUT2D eigenvalue weighted by Crippen LogP contribution is 2.23. The first-order valence-electron chi connectivity index (χ1n) is 9.23. The van der Waals surface area contributed by atoms with Crippen LogP contribution in [0.4, 0.5) is 11.6 Å². The van der Waals surface area contributed by atoms with Crippen LogP contribution in [0.3, 0.4) is 0 Å². The molecule has 0 fully saturated rings. The molecule has 0 aliphatic heterocycles. The standard InChI is InChI=1S/C21H21N3O6S/c1-14-4-10-18(11-5-14)31(27,28)24(3)17-8-6-16(7-9-17)21(26)29-13-19(25)22-20-12-15(2)23-30-20/h4-12H,13H2,1-3H3,(H,22,25). The Morgan fingerprint density at radius 2 is 1.71 bits per heavy atom. The molecule has 0 aliphatic carbocycles. The molecule has 0 atom stereocenters. The van der Waals surface area contributed by atoms with E-state index in [1.807, 2.05) is 6.92 Å². The number of rotatable bonds is 7. The zero-order chi connectivity index (χ0) is 22.6. The average Bonchev–Trinajstić information content (AvgIpc) is 3.16. The number of aryl methyl sites for hydroxylation is 2. The van der Waals surface area contributed by atoms with Crippen molar-refractivity contribution in [3.05, 3.63) is 71.4 Å². The number of amides is 1. The van der Waals surface area contributed by atoms with Gasteiger partial charge in [0, 0.05) is 13.1 Å². The molecule has 0 bridgehead atoms. The van der Waals surface area contributed by atoms with Gasteiger partial charge in [-0.3, -0.25) is 14.4 Å². The lowest BCUT2D eigenvalue weighted by Crippen LogP contribution is -2.26. The highest BCUT2D eigenvalue weighted by Gasteiger charge is 2.21. The van der Waals surface area contributed by atoms with Crippen LogP contribution in [0.1, 0.15) is 21.6 Å². The molecule has 1 heterocycles. The number of nitrogens with one attached hydrogen (secondary N) is 1. The summed E-state index contributed by atoms with van der Waals surface area (Å²) in [4.78, 5) is 24.1. The predicted octanol–water partition coefficient (Wildman–Crippen LogP) is 2.91. The van der Waals surface area contributed by atoms with Gasteiger partial charge in [-0.2, -0.15) is 0 Å². The molecule has 1 amide bonds. The summed E-state index contributed by atoms with van der Waals surface area (Å²) in [7, 11) is -2.31. The second-order valence-electron chi connectivity index (χ2n) is 6.79. The van der Waals surface area contributed by atoms with Crippen LogP contribution >= 0.6 is 0 Å². The second-order valence-corrected chi connectivity index (χ2v) is 8.76. The van der Waals surface area contributed by atoms with Gasteiger partial charge in [0.05, 0.1) is 21.8 Å². The highest BCUT2D eigenvalue weighted by molar-refractivity contribution is 7.92. The molecule has 1 N–H and O–H groups in total. The number of anilines is 2. The first-order valence-corrected chi connectivity index (χ1v) is 10.7. The quantitative estimate of drug-likeness (QED) is 0.558. The molecule has 2 aromatic carbocycles. The predicted molar refractivity (Wildman–Crippen MR) is 113 cm³/mol. The topological polar surface area (TPSA) is 119 Å². The van der Waals surface area contributed by atoms with E-state index in [9.17, 15) is 18.0 Å². The summed E-state index contributed by atoms with van der Waals surface area (Å²) in [6.45, 7) is 3.06. The van der Waals surface area contributed by atoms with Crippen molar-refractivity contribution in [2.45, 2.75) is 18.7 Å². The lowest BCUT2D eigenvalue weighted by molar-refractivity contribution is -0.119. The van der Waals surface area contributed by atoms with E-state index in [2.05, 4.69) is 10.5 Å². The smallest absolute Gasteiger partial charge is 0.338 e. The van der Waals surface area contributed by atoms with E-state index < -0.39 is 28.5 Å². The summed E-state index contributed by atoms with van der Waals surface area (Å²) in [5.74, 6) is -1.15. The molecule has 0 radical (unpaired) electrons. The molecule has 162 valence electrons. The van der Waals surface area contributed by atoms with Crippen LogP contribution in [0, 0.1) is 13.8 Å². The summed E-state index contributed by atoms with van der Waals surface area (Å²) in [6, 6.07) is 13.9. The number of esters is 1. The van der Waals surface area contributed by atoms with Gasteiger partial charge in [-0.05, 0) is 50.2 Å². The first kappa shape index (κ1) is 22.0. The van der Waals surface area contributed by atoms with Crippen molar-refractivity contribution in [1.29, 1.82) is 0 Å². The zero-order valence-electron chi connectivity index (χ0n) is 17.2. The number of carbonyl (C=O) groups excluding carboxylic acids is 2. The van der Waals surface area contributed by atoms with E-state index in [1.165, 1.54) is 49.5 Å². The fraction of sp³-hybridized carbons (Fsp3) is 0.190. The second kappa shape index (κ2) is 9.00. The molecule has 3 rings (SSSR count). The van der Waals surface area contributed by atoms with E-state index in [4.69, 9.17) is 9.26 Å². The number of carbonyl (C=O) groups is 2. The Morgan fingerprint density at radius 1 is 1.06 bits per heavy atom. The molecule has 9 nitrogen and oxygen atoms in total. The highest BCUT2D eigenvalue weighted by atomic mass is 32.2. The summed E-state index contributed by atoms with van der Waals surface area (Å²) in [5.41, 5.74) is 2.10. The van der Waals surface area contributed by atoms with Gasteiger partial charge in [0.2, 0.25) is 5.88 Å². The molecule has 0 aliphatic rings. The Labute approximate surface area is 179 Å². The van der Waals surface area contributed by atoms with Crippen LogP contribution in [0.5, 0.6) is 0 Å². The molecule has 0 unspecified atom stereocenters. The van der Waals surface area contributed by atoms with Gasteiger partial charge >= 0.3 is 5.97 Å². The maximum Gasteiger partial charge on any atom is 0.338 e. The van der Waals surface area contributed by atoms with Crippen LogP contribution in [-0.2, 0) is 19.6 Å². The van der Waals surface area contributed by atoms with E-state index in [1.54, 1.807) is 19.1 Å². The van der Waals surface area contributed by atoms with Gasteiger partial charge in [0.15, 0.2) is 6.61 Å². The molecular weight excluding hydrogens is 422 g/mol. The SMILES string of the molecule is Cc1ccc(S(=O)(=O)N(C)c2ccc(C(=O)OCC(=O)Nc3cc(C)no3)cc2)cc1. The van der Waals surface area contributed by atoms with Gasteiger partial charge in [-0.1, -0.05) is 22.9 Å². The number of sulfonamides is 1. The summed E-state index contributed by atoms with van der Waals surface area (Å²) < 4.78 is 36.5. The third kappa shape index (κ3) is 5.28. The molecular formula is C21H21N3O6S. The molecule has 3 aromatic rings. The van der Waals surface area contributed by atoms with Gasteiger partial charge < -0.3 is 9.26 Å². The van der Waals surface area contributed by atoms with Gasteiger partial charge in [-0.15, -0.1) is 0 Å². The van der Waals surface area contributed by atoms with Crippen molar-refractivity contribution in [2.24, 2.45) is 0 Å². The molecule has 0 saturated heterocycles. The van der Waals surface area contributed by atoms with Gasteiger partial charge in [0.1, 0.15) is 0 Å². The van der Waals surface area contributed by atoms with Gasteiger partial charge in [0.25, 0.3) is 15.9 Å².